The van der Waals surface area contributed by atoms with Crippen LogP contribution in [0.1, 0.15) is 42.6 Å². The summed E-state index contributed by atoms with van der Waals surface area (Å²) in [7, 11) is 0. The Bertz CT molecular complexity index is 459. The van der Waals surface area contributed by atoms with E-state index in [2.05, 4.69) is 12.2 Å². The highest BCUT2D eigenvalue weighted by Gasteiger charge is 2.12. The molecule has 0 aromatic heterocycles. The van der Waals surface area contributed by atoms with Crippen LogP contribution in [0.5, 0.6) is 0 Å². The Morgan fingerprint density at radius 2 is 1.95 bits per heavy atom. The van der Waals surface area contributed by atoms with Crippen molar-refractivity contribution in [3.63, 3.8) is 0 Å². The first-order valence-electron chi connectivity index (χ1n) is 7.26. The number of benzene rings is 1. The zero-order valence-electron chi connectivity index (χ0n) is 12.6. The molecule has 0 saturated heterocycles. The van der Waals surface area contributed by atoms with E-state index in [1.54, 1.807) is 36.0 Å². The Morgan fingerprint density at radius 1 is 1.29 bits per heavy atom. The molecule has 1 aromatic rings. The molecule has 21 heavy (non-hydrogen) atoms. The van der Waals surface area contributed by atoms with E-state index in [0.29, 0.717) is 13.0 Å². The number of rotatable bonds is 9. The van der Waals surface area contributed by atoms with Gasteiger partial charge in [0.15, 0.2) is 0 Å². The smallest absolute Gasteiger partial charge is 0.335 e. The highest BCUT2D eigenvalue weighted by atomic mass is 32.2. The highest BCUT2D eigenvalue weighted by Crippen LogP contribution is 2.12. The van der Waals surface area contributed by atoms with Gasteiger partial charge in [-0.3, -0.25) is 4.79 Å². The Morgan fingerprint density at radius 3 is 2.52 bits per heavy atom. The molecule has 0 saturated carbocycles. The lowest BCUT2D eigenvalue weighted by Gasteiger charge is -2.11. The number of unbranched alkanes of at least 4 members (excludes halogenated alkanes) is 1. The van der Waals surface area contributed by atoms with Gasteiger partial charge in [-0.25, -0.2) is 4.79 Å². The molecule has 5 heteroatoms. The fraction of sp³-hybridized carbons (Fsp3) is 0.500. The first-order chi connectivity index (χ1) is 10.0. The molecule has 0 aliphatic carbocycles. The number of amides is 1. The maximum Gasteiger partial charge on any atom is 0.335 e. The van der Waals surface area contributed by atoms with Crippen LogP contribution in [0, 0.1) is 0 Å². The zero-order valence-corrected chi connectivity index (χ0v) is 13.4. The molecular weight excluding hydrogens is 286 g/mol. The van der Waals surface area contributed by atoms with E-state index >= 15 is 0 Å². The third kappa shape index (κ3) is 6.67. The maximum atomic E-state index is 11.9. The van der Waals surface area contributed by atoms with Crippen LogP contribution in [-0.4, -0.2) is 34.5 Å². The van der Waals surface area contributed by atoms with Crippen LogP contribution in [0.2, 0.25) is 0 Å². The van der Waals surface area contributed by atoms with E-state index < -0.39 is 5.97 Å². The molecule has 0 spiro atoms. The van der Waals surface area contributed by atoms with E-state index in [-0.39, 0.29) is 16.7 Å². The summed E-state index contributed by atoms with van der Waals surface area (Å²) in [6, 6.07) is 6.75. The van der Waals surface area contributed by atoms with Crippen LogP contribution in [-0.2, 0) is 11.2 Å². The van der Waals surface area contributed by atoms with Crippen molar-refractivity contribution in [1.29, 1.82) is 0 Å². The monoisotopic (exact) mass is 309 g/mol. The normalized spacial score (nSPS) is 11.9. The third-order valence-electron chi connectivity index (χ3n) is 3.15. The van der Waals surface area contributed by atoms with Crippen molar-refractivity contribution in [2.45, 2.75) is 38.4 Å². The quantitative estimate of drug-likeness (QED) is 0.688. The number of carboxylic acid groups (broad SMARTS) is 1. The van der Waals surface area contributed by atoms with Gasteiger partial charge in [0.25, 0.3) is 0 Å². The second-order valence-corrected chi connectivity index (χ2v) is 6.36. The summed E-state index contributed by atoms with van der Waals surface area (Å²) in [4.78, 5) is 22.6. The molecule has 4 nitrogen and oxygen atoms in total. The van der Waals surface area contributed by atoms with Gasteiger partial charge in [0.1, 0.15) is 0 Å². The summed E-state index contributed by atoms with van der Waals surface area (Å²) < 4.78 is 0. The van der Waals surface area contributed by atoms with Crippen LogP contribution in [0.3, 0.4) is 0 Å². The molecule has 1 amide bonds. The van der Waals surface area contributed by atoms with Crippen molar-refractivity contribution in [2.75, 3.05) is 12.3 Å². The average molecular weight is 309 g/mol. The van der Waals surface area contributed by atoms with Gasteiger partial charge in [-0.1, -0.05) is 25.5 Å². The van der Waals surface area contributed by atoms with Crippen LogP contribution < -0.4 is 5.32 Å². The van der Waals surface area contributed by atoms with Crippen molar-refractivity contribution in [3.8, 4) is 0 Å². The molecule has 0 radical (unpaired) electrons. The Labute approximate surface area is 130 Å². The lowest BCUT2D eigenvalue weighted by molar-refractivity contribution is -0.120. The Balaban J connectivity index is 2.29. The largest absolute Gasteiger partial charge is 0.478 e. The number of hydrogen-bond donors (Lipinski definition) is 2. The number of nitrogens with one attached hydrogen (secondary N) is 1. The van der Waals surface area contributed by atoms with E-state index in [1.807, 2.05) is 6.92 Å². The molecule has 0 heterocycles. The molecule has 1 aromatic carbocycles. The fourth-order valence-corrected chi connectivity index (χ4v) is 2.81. The lowest BCUT2D eigenvalue weighted by Crippen LogP contribution is -2.32. The molecule has 2 N–H and O–H groups in total. The van der Waals surface area contributed by atoms with Gasteiger partial charge in [0.05, 0.1) is 10.8 Å². The van der Waals surface area contributed by atoms with Crippen molar-refractivity contribution in [2.24, 2.45) is 0 Å². The van der Waals surface area contributed by atoms with Gasteiger partial charge in [0.2, 0.25) is 5.91 Å². The number of carboxylic acids is 1. The first-order valence-corrected chi connectivity index (χ1v) is 8.31. The summed E-state index contributed by atoms with van der Waals surface area (Å²) in [5.41, 5.74) is 1.30. The molecule has 0 aliphatic rings. The summed E-state index contributed by atoms with van der Waals surface area (Å²) in [6.07, 6.45) is 2.99. The molecule has 0 aliphatic heterocycles. The van der Waals surface area contributed by atoms with Gasteiger partial charge in [-0.05, 0) is 43.2 Å². The second kappa shape index (κ2) is 9.45. The number of hydrogen-bond acceptors (Lipinski definition) is 3. The molecular formula is C16H23NO3S. The summed E-state index contributed by atoms with van der Waals surface area (Å²) in [6.45, 7) is 4.64. The van der Waals surface area contributed by atoms with Gasteiger partial charge < -0.3 is 10.4 Å². The summed E-state index contributed by atoms with van der Waals surface area (Å²) >= 11 is 1.68. The number of carbonyl (C=O) groups excluding carboxylic acids is 1. The Kier molecular flexibility index (Phi) is 7.90. The number of aromatic carboxylic acids is 1. The predicted molar refractivity (Wildman–Crippen MR) is 86.9 cm³/mol. The number of thioether (sulfide) groups is 1. The minimum absolute atomic E-state index is 0.0223. The molecule has 1 unspecified atom stereocenters. The molecule has 1 rings (SSSR count). The molecule has 116 valence electrons. The standard InChI is InChI=1S/C16H23NO3S/c1-3-4-11-21-12(2)15(18)17-10-9-13-5-7-14(8-6-13)16(19)20/h5-8,12H,3-4,9-11H2,1-2H3,(H,17,18)(H,19,20). The topological polar surface area (TPSA) is 66.4 Å². The SMILES string of the molecule is CCCCSC(C)C(=O)NCCc1ccc(C(=O)O)cc1. The lowest BCUT2D eigenvalue weighted by atomic mass is 10.1. The molecule has 0 fully saturated rings. The third-order valence-corrected chi connectivity index (χ3v) is 4.39. The predicted octanol–water partition coefficient (Wildman–Crippen LogP) is 2.97. The van der Waals surface area contributed by atoms with E-state index in [9.17, 15) is 9.59 Å². The minimum Gasteiger partial charge on any atom is -0.478 e. The summed E-state index contributed by atoms with van der Waals surface area (Å²) in [5, 5.41) is 11.7. The van der Waals surface area contributed by atoms with Crippen molar-refractivity contribution < 1.29 is 14.7 Å². The van der Waals surface area contributed by atoms with E-state index in [1.165, 1.54) is 0 Å². The van der Waals surface area contributed by atoms with Gasteiger partial charge in [0, 0.05) is 6.54 Å². The Hall–Kier alpha value is -1.49. The van der Waals surface area contributed by atoms with Gasteiger partial charge in [-0.15, -0.1) is 11.8 Å². The maximum absolute atomic E-state index is 11.9. The van der Waals surface area contributed by atoms with Crippen LogP contribution >= 0.6 is 11.8 Å². The first kappa shape index (κ1) is 17.6. The number of carbonyl (C=O) groups is 2. The second-order valence-electron chi connectivity index (χ2n) is 4.91. The van der Waals surface area contributed by atoms with Crippen LogP contribution in [0.4, 0.5) is 0 Å². The fourth-order valence-electron chi connectivity index (χ4n) is 1.77. The minimum atomic E-state index is -0.923. The van der Waals surface area contributed by atoms with Crippen molar-refractivity contribution in [1.82, 2.24) is 5.32 Å². The highest BCUT2D eigenvalue weighted by molar-refractivity contribution is 8.00. The zero-order chi connectivity index (χ0) is 15.7. The van der Waals surface area contributed by atoms with Gasteiger partial charge >= 0.3 is 5.97 Å². The van der Waals surface area contributed by atoms with Crippen LogP contribution in [0.15, 0.2) is 24.3 Å². The molecule has 1 atom stereocenters. The van der Waals surface area contributed by atoms with Gasteiger partial charge in [-0.2, -0.15) is 0 Å². The van der Waals surface area contributed by atoms with E-state index in [0.717, 1.165) is 24.2 Å². The van der Waals surface area contributed by atoms with Crippen molar-refractivity contribution >= 4 is 23.6 Å². The molecule has 0 bridgehead atoms. The van der Waals surface area contributed by atoms with Crippen molar-refractivity contribution in [3.05, 3.63) is 35.4 Å². The summed E-state index contributed by atoms with van der Waals surface area (Å²) in [5.74, 6) is 0.160. The van der Waals surface area contributed by atoms with Crippen LogP contribution in [0.25, 0.3) is 0 Å². The average Bonchev–Trinajstić information content (AvgIpc) is 2.47. The van der Waals surface area contributed by atoms with E-state index in [4.69, 9.17) is 5.11 Å².